The molecule has 0 saturated heterocycles. The first-order valence-electron chi connectivity index (χ1n) is 16.0. The lowest BCUT2D eigenvalue weighted by Crippen LogP contribution is -1.98. The molecule has 5 aromatic carbocycles. The lowest BCUT2D eigenvalue weighted by atomic mass is 10.0. The summed E-state index contributed by atoms with van der Waals surface area (Å²) in [4.78, 5) is 19.4. The Balaban J connectivity index is 1.19. The zero-order valence-electron chi connectivity index (χ0n) is 25.7. The SMILES string of the molecule is c1ccc(-c2nc(-c3ccc4c(c3)c3ncccc3n4-c3cccc(-n4c5ccccc5c5ccccc54)c3)c3ccccc3n2)nc1. The molecule has 0 spiro atoms. The van der Waals surface area contributed by atoms with Crippen molar-refractivity contribution in [1.29, 1.82) is 0 Å². The zero-order valence-corrected chi connectivity index (χ0v) is 25.7. The fourth-order valence-electron chi connectivity index (χ4n) is 7.14. The molecule has 0 atom stereocenters. The molecule has 0 saturated carbocycles. The zero-order chi connectivity index (χ0) is 31.6. The van der Waals surface area contributed by atoms with Gasteiger partial charge in [0.25, 0.3) is 0 Å². The molecule has 0 radical (unpaired) electrons. The summed E-state index contributed by atoms with van der Waals surface area (Å²) in [6, 6.07) is 50.7. The standard InChI is InChI=1S/C42H26N6/c1-4-16-34-32(15-1)40(46-42(45-34)35-17-7-8-23-43-35)27-21-22-38-33(25-27)41-39(20-10-24-44-41)48(38)29-12-9-11-28(26-29)47-36-18-5-2-13-30(36)31-14-3-6-19-37(31)47/h1-26H. The minimum Gasteiger partial charge on any atom is -0.309 e. The highest BCUT2D eigenvalue weighted by atomic mass is 15.0. The first-order valence-corrected chi connectivity index (χ1v) is 16.0. The van der Waals surface area contributed by atoms with E-state index in [4.69, 9.17) is 15.0 Å². The van der Waals surface area contributed by atoms with E-state index < -0.39 is 0 Å². The molecular formula is C42H26N6. The second kappa shape index (κ2) is 10.4. The summed E-state index contributed by atoms with van der Waals surface area (Å²) in [6.45, 7) is 0. The Bertz CT molecular complexity index is 2790. The summed E-state index contributed by atoms with van der Waals surface area (Å²) in [5.41, 5.74) is 11.1. The first kappa shape index (κ1) is 26.5. The van der Waals surface area contributed by atoms with Gasteiger partial charge in [0, 0.05) is 50.9 Å². The molecule has 0 aliphatic carbocycles. The number of nitrogens with zero attached hydrogens (tertiary/aromatic N) is 6. The van der Waals surface area contributed by atoms with Crippen LogP contribution in [0.15, 0.2) is 158 Å². The van der Waals surface area contributed by atoms with Crippen LogP contribution in [0.1, 0.15) is 0 Å². The molecule has 224 valence electrons. The molecule has 6 nitrogen and oxygen atoms in total. The molecule has 0 fully saturated rings. The van der Waals surface area contributed by atoms with Gasteiger partial charge in [0.05, 0.1) is 38.8 Å². The molecule has 0 amide bonds. The van der Waals surface area contributed by atoms with Crippen LogP contribution in [-0.2, 0) is 0 Å². The van der Waals surface area contributed by atoms with Crippen LogP contribution in [0.25, 0.3) is 88.8 Å². The monoisotopic (exact) mass is 614 g/mol. The summed E-state index contributed by atoms with van der Waals surface area (Å²) in [7, 11) is 0. The van der Waals surface area contributed by atoms with E-state index >= 15 is 0 Å². The van der Waals surface area contributed by atoms with Crippen molar-refractivity contribution in [1.82, 2.24) is 29.1 Å². The molecule has 6 heteroatoms. The molecule has 0 bridgehead atoms. The number of fused-ring (bicyclic) bond motifs is 7. The van der Waals surface area contributed by atoms with Crippen molar-refractivity contribution < 1.29 is 0 Å². The van der Waals surface area contributed by atoms with Crippen LogP contribution in [0.4, 0.5) is 0 Å². The number of pyridine rings is 2. The van der Waals surface area contributed by atoms with Gasteiger partial charge in [-0.05, 0) is 72.8 Å². The Morgan fingerprint density at radius 2 is 1.06 bits per heavy atom. The van der Waals surface area contributed by atoms with E-state index in [1.165, 1.54) is 21.8 Å². The molecule has 10 rings (SSSR count). The molecule has 0 aliphatic heterocycles. The number of aromatic nitrogens is 6. The number of rotatable bonds is 4. The van der Waals surface area contributed by atoms with Crippen molar-refractivity contribution in [3.8, 4) is 34.2 Å². The van der Waals surface area contributed by atoms with Gasteiger partial charge in [0.2, 0.25) is 0 Å². The molecular weight excluding hydrogens is 589 g/mol. The number of para-hydroxylation sites is 3. The Morgan fingerprint density at radius 3 is 1.83 bits per heavy atom. The van der Waals surface area contributed by atoms with E-state index in [1.807, 2.05) is 48.7 Å². The summed E-state index contributed by atoms with van der Waals surface area (Å²) in [5, 5.41) is 4.55. The quantitative estimate of drug-likeness (QED) is 0.198. The smallest absolute Gasteiger partial charge is 0.179 e. The third-order valence-electron chi connectivity index (χ3n) is 9.22. The first-order chi connectivity index (χ1) is 23.8. The van der Waals surface area contributed by atoms with E-state index in [0.717, 1.165) is 61.2 Å². The predicted molar refractivity (Wildman–Crippen MR) is 195 cm³/mol. The van der Waals surface area contributed by atoms with E-state index in [1.54, 1.807) is 6.20 Å². The fourth-order valence-corrected chi connectivity index (χ4v) is 7.14. The molecule has 5 heterocycles. The molecule has 0 aliphatic rings. The third kappa shape index (κ3) is 3.99. The minimum atomic E-state index is 0.604. The normalized spacial score (nSPS) is 11.8. The van der Waals surface area contributed by atoms with E-state index in [0.29, 0.717) is 5.82 Å². The second-order valence-corrected chi connectivity index (χ2v) is 12.0. The molecule has 5 aromatic heterocycles. The predicted octanol–water partition coefficient (Wildman–Crippen LogP) is 9.95. The lowest BCUT2D eigenvalue weighted by Gasteiger charge is -2.13. The Labute approximate surface area is 275 Å². The average Bonchev–Trinajstić information content (AvgIpc) is 3.67. The van der Waals surface area contributed by atoms with Crippen molar-refractivity contribution >= 4 is 54.6 Å². The maximum atomic E-state index is 5.08. The molecule has 0 unspecified atom stereocenters. The lowest BCUT2D eigenvalue weighted by molar-refractivity contribution is 1.13. The van der Waals surface area contributed by atoms with Crippen molar-refractivity contribution in [2.75, 3.05) is 0 Å². The van der Waals surface area contributed by atoms with Gasteiger partial charge < -0.3 is 9.13 Å². The van der Waals surface area contributed by atoms with Gasteiger partial charge in [-0.25, -0.2) is 9.97 Å². The van der Waals surface area contributed by atoms with Crippen LogP contribution in [0.3, 0.4) is 0 Å². The topological polar surface area (TPSA) is 61.4 Å². The Morgan fingerprint density at radius 1 is 0.417 bits per heavy atom. The maximum absolute atomic E-state index is 5.08. The number of benzene rings is 5. The van der Waals surface area contributed by atoms with E-state index in [2.05, 4.69) is 117 Å². The van der Waals surface area contributed by atoms with Gasteiger partial charge in [0.1, 0.15) is 5.69 Å². The van der Waals surface area contributed by atoms with Crippen LogP contribution >= 0.6 is 0 Å². The van der Waals surface area contributed by atoms with Gasteiger partial charge in [0.15, 0.2) is 5.82 Å². The summed E-state index contributed by atoms with van der Waals surface area (Å²) in [6.07, 6.45) is 3.64. The van der Waals surface area contributed by atoms with Crippen molar-refractivity contribution in [3.63, 3.8) is 0 Å². The third-order valence-corrected chi connectivity index (χ3v) is 9.22. The minimum absolute atomic E-state index is 0.604. The largest absolute Gasteiger partial charge is 0.309 e. The highest BCUT2D eigenvalue weighted by molar-refractivity contribution is 6.10. The Kier molecular flexibility index (Phi) is 5.77. The highest BCUT2D eigenvalue weighted by Crippen LogP contribution is 2.37. The summed E-state index contributed by atoms with van der Waals surface area (Å²) >= 11 is 0. The van der Waals surface area contributed by atoms with E-state index in [-0.39, 0.29) is 0 Å². The van der Waals surface area contributed by atoms with Gasteiger partial charge in [-0.2, -0.15) is 0 Å². The highest BCUT2D eigenvalue weighted by Gasteiger charge is 2.18. The van der Waals surface area contributed by atoms with Crippen molar-refractivity contribution in [3.05, 3.63) is 158 Å². The molecule has 0 N–H and O–H groups in total. The summed E-state index contributed by atoms with van der Waals surface area (Å²) < 4.78 is 4.67. The number of hydrogen-bond acceptors (Lipinski definition) is 4. The van der Waals surface area contributed by atoms with Crippen molar-refractivity contribution in [2.24, 2.45) is 0 Å². The van der Waals surface area contributed by atoms with Crippen LogP contribution in [0, 0.1) is 0 Å². The Hall–Kier alpha value is -6.66. The van der Waals surface area contributed by atoms with Crippen LogP contribution in [0.2, 0.25) is 0 Å². The van der Waals surface area contributed by atoms with Gasteiger partial charge in [-0.15, -0.1) is 0 Å². The van der Waals surface area contributed by atoms with E-state index in [9.17, 15) is 0 Å². The van der Waals surface area contributed by atoms with Crippen LogP contribution < -0.4 is 0 Å². The van der Waals surface area contributed by atoms with Gasteiger partial charge in [-0.1, -0.05) is 72.8 Å². The average molecular weight is 615 g/mol. The second-order valence-electron chi connectivity index (χ2n) is 12.0. The van der Waals surface area contributed by atoms with Gasteiger partial charge >= 0.3 is 0 Å². The molecule has 48 heavy (non-hydrogen) atoms. The maximum Gasteiger partial charge on any atom is 0.179 e. The fraction of sp³-hybridized carbons (Fsp3) is 0. The van der Waals surface area contributed by atoms with Crippen molar-refractivity contribution in [2.45, 2.75) is 0 Å². The number of hydrogen-bond donors (Lipinski definition) is 0. The molecule has 10 aromatic rings. The summed E-state index contributed by atoms with van der Waals surface area (Å²) in [5.74, 6) is 0.604. The van der Waals surface area contributed by atoms with Gasteiger partial charge in [-0.3, -0.25) is 9.97 Å². The van der Waals surface area contributed by atoms with Crippen LogP contribution in [0.5, 0.6) is 0 Å². The van der Waals surface area contributed by atoms with Crippen LogP contribution in [-0.4, -0.2) is 29.1 Å².